The van der Waals surface area contributed by atoms with Crippen molar-refractivity contribution in [3.8, 4) is 0 Å². The largest absolute Gasteiger partial charge is 0.357 e. The fourth-order valence-corrected chi connectivity index (χ4v) is 4.78. The average molecular weight is 428 g/mol. The zero-order valence-corrected chi connectivity index (χ0v) is 19.7. The second-order valence-corrected chi connectivity index (χ2v) is 9.16. The molecular formula is C25H41N5O. The van der Waals surface area contributed by atoms with Gasteiger partial charge in [-0.25, -0.2) is 0 Å². The Labute approximate surface area is 188 Å². The molecule has 3 rings (SSSR count). The van der Waals surface area contributed by atoms with Crippen molar-refractivity contribution in [2.45, 2.75) is 70.4 Å². The van der Waals surface area contributed by atoms with Gasteiger partial charge < -0.3 is 20.4 Å². The highest BCUT2D eigenvalue weighted by atomic mass is 16.2. The third-order valence-corrected chi connectivity index (χ3v) is 6.56. The van der Waals surface area contributed by atoms with Crippen LogP contribution in [0, 0.1) is 0 Å². The maximum Gasteiger partial charge on any atom is 0.253 e. The molecule has 0 spiro atoms. The Bertz CT molecular complexity index is 718. The van der Waals surface area contributed by atoms with Gasteiger partial charge in [-0.1, -0.05) is 31.4 Å². The van der Waals surface area contributed by atoms with Crippen molar-refractivity contribution in [2.75, 3.05) is 40.3 Å². The number of nitrogens with one attached hydrogen (secondary N) is 2. The van der Waals surface area contributed by atoms with Gasteiger partial charge in [0.15, 0.2) is 5.96 Å². The number of guanidine groups is 1. The number of piperidine rings is 1. The lowest BCUT2D eigenvalue weighted by Crippen LogP contribution is -2.51. The highest BCUT2D eigenvalue weighted by Gasteiger charge is 2.26. The maximum atomic E-state index is 12.2. The standard InChI is InChI=1S/C25H41N5O/c1-4-26-25(27-16-13-20-9-8-10-21(19-20)24(31)29(2)3)28-22-14-17-30(18-15-22)23-11-6-5-7-12-23/h8-10,19,22-23H,4-7,11-18H2,1-3H3,(H2,26,27,28). The molecule has 6 heteroatoms. The van der Waals surface area contributed by atoms with Crippen molar-refractivity contribution in [1.82, 2.24) is 20.4 Å². The van der Waals surface area contributed by atoms with Crippen LogP contribution >= 0.6 is 0 Å². The molecule has 0 radical (unpaired) electrons. The van der Waals surface area contributed by atoms with E-state index in [9.17, 15) is 4.79 Å². The van der Waals surface area contributed by atoms with Crippen molar-refractivity contribution >= 4 is 11.9 Å². The maximum absolute atomic E-state index is 12.2. The van der Waals surface area contributed by atoms with E-state index in [0.29, 0.717) is 12.6 Å². The lowest BCUT2D eigenvalue weighted by molar-refractivity contribution is 0.0827. The molecule has 1 amide bonds. The van der Waals surface area contributed by atoms with Gasteiger partial charge in [0.05, 0.1) is 0 Å². The van der Waals surface area contributed by atoms with E-state index in [-0.39, 0.29) is 5.91 Å². The summed E-state index contributed by atoms with van der Waals surface area (Å²) in [6.45, 7) is 6.08. The van der Waals surface area contributed by atoms with Crippen LogP contribution in [0.5, 0.6) is 0 Å². The van der Waals surface area contributed by atoms with Gasteiger partial charge in [0.2, 0.25) is 0 Å². The lowest BCUT2D eigenvalue weighted by Gasteiger charge is -2.39. The van der Waals surface area contributed by atoms with E-state index in [1.807, 2.05) is 18.2 Å². The summed E-state index contributed by atoms with van der Waals surface area (Å²) >= 11 is 0. The van der Waals surface area contributed by atoms with E-state index >= 15 is 0 Å². The lowest BCUT2D eigenvalue weighted by atomic mass is 9.92. The van der Waals surface area contributed by atoms with Crippen LogP contribution in [0.4, 0.5) is 0 Å². The van der Waals surface area contributed by atoms with E-state index in [1.54, 1.807) is 19.0 Å². The molecule has 0 bridgehead atoms. The van der Waals surface area contributed by atoms with Crippen LogP contribution in [-0.4, -0.2) is 74.0 Å². The SMILES string of the molecule is CCNC(=NCCc1cccc(C(=O)N(C)C)c1)NC1CCN(C2CCCCC2)CC1. The molecule has 6 nitrogen and oxygen atoms in total. The third kappa shape index (κ3) is 7.23. The number of rotatable bonds is 7. The smallest absolute Gasteiger partial charge is 0.253 e. The van der Waals surface area contributed by atoms with Gasteiger partial charge >= 0.3 is 0 Å². The zero-order chi connectivity index (χ0) is 22.1. The van der Waals surface area contributed by atoms with Gasteiger partial charge in [0.25, 0.3) is 5.91 Å². The summed E-state index contributed by atoms with van der Waals surface area (Å²) in [6, 6.07) is 9.22. The molecule has 2 N–H and O–H groups in total. The van der Waals surface area contributed by atoms with Crippen molar-refractivity contribution in [1.29, 1.82) is 0 Å². The number of hydrogen-bond acceptors (Lipinski definition) is 3. The van der Waals surface area contributed by atoms with Crippen LogP contribution < -0.4 is 10.6 Å². The van der Waals surface area contributed by atoms with Crippen LogP contribution in [0.3, 0.4) is 0 Å². The topological polar surface area (TPSA) is 60.0 Å². The summed E-state index contributed by atoms with van der Waals surface area (Å²) in [5.41, 5.74) is 1.88. The van der Waals surface area contributed by atoms with E-state index in [1.165, 1.54) is 58.0 Å². The molecule has 31 heavy (non-hydrogen) atoms. The van der Waals surface area contributed by atoms with Crippen LogP contribution in [-0.2, 0) is 6.42 Å². The molecule has 2 aliphatic rings. The van der Waals surface area contributed by atoms with Gasteiger partial charge in [0, 0.05) is 57.9 Å². The van der Waals surface area contributed by atoms with E-state index in [0.717, 1.165) is 36.1 Å². The highest BCUT2D eigenvalue weighted by molar-refractivity contribution is 5.94. The Kier molecular flexibility index (Phi) is 9.19. The molecule has 1 aliphatic carbocycles. The number of nitrogens with zero attached hydrogens (tertiary/aromatic N) is 3. The summed E-state index contributed by atoms with van der Waals surface area (Å²) in [5, 5.41) is 7.06. The predicted molar refractivity (Wildman–Crippen MR) is 129 cm³/mol. The molecule has 2 fully saturated rings. The molecule has 1 heterocycles. The monoisotopic (exact) mass is 427 g/mol. The Morgan fingerprint density at radius 1 is 1.13 bits per heavy atom. The number of aliphatic imine (C=N–C) groups is 1. The van der Waals surface area contributed by atoms with Gasteiger partial charge in [-0.15, -0.1) is 0 Å². The first-order valence-corrected chi connectivity index (χ1v) is 12.2. The predicted octanol–water partition coefficient (Wildman–Crippen LogP) is 3.28. The first-order chi connectivity index (χ1) is 15.1. The van der Waals surface area contributed by atoms with E-state index < -0.39 is 0 Å². The zero-order valence-electron chi connectivity index (χ0n) is 19.7. The summed E-state index contributed by atoms with van der Waals surface area (Å²) < 4.78 is 0. The number of carbonyl (C=O) groups excluding carboxylic acids is 1. The normalized spacial score (nSPS) is 19.3. The minimum Gasteiger partial charge on any atom is -0.357 e. The second kappa shape index (κ2) is 12.1. The number of carbonyl (C=O) groups is 1. The molecule has 172 valence electrons. The molecule has 0 aromatic heterocycles. The fraction of sp³-hybridized carbons (Fsp3) is 0.680. The molecule has 1 aromatic rings. The molecular weight excluding hydrogens is 386 g/mol. The van der Waals surface area contributed by atoms with Crippen LogP contribution in [0.2, 0.25) is 0 Å². The van der Waals surface area contributed by atoms with Crippen molar-refractivity contribution < 1.29 is 4.79 Å². The minimum absolute atomic E-state index is 0.0416. The van der Waals surface area contributed by atoms with E-state index in [2.05, 4.69) is 28.5 Å². The molecule has 1 saturated carbocycles. The van der Waals surface area contributed by atoms with Gasteiger partial charge in [-0.3, -0.25) is 9.79 Å². The first-order valence-electron chi connectivity index (χ1n) is 12.2. The van der Waals surface area contributed by atoms with Gasteiger partial charge in [-0.2, -0.15) is 0 Å². The molecule has 1 saturated heterocycles. The number of benzene rings is 1. The van der Waals surface area contributed by atoms with E-state index in [4.69, 9.17) is 4.99 Å². The Morgan fingerprint density at radius 3 is 2.55 bits per heavy atom. The number of hydrogen-bond donors (Lipinski definition) is 2. The van der Waals surface area contributed by atoms with Crippen molar-refractivity contribution in [3.05, 3.63) is 35.4 Å². The minimum atomic E-state index is 0.0416. The number of amides is 1. The summed E-state index contributed by atoms with van der Waals surface area (Å²) in [7, 11) is 3.57. The fourth-order valence-electron chi connectivity index (χ4n) is 4.78. The van der Waals surface area contributed by atoms with Crippen LogP contribution in [0.15, 0.2) is 29.3 Å². The quantitative estimate of drug-likeness (QED) is 0.518. The van der Waals surface area contributed by atoms with Crippen LogP contribution in [0.1, 0.15) is 67.8 Å². The molecule has 0 atom stereocenters. The van der Waals surface area contributed by atoms with Crippen molar-refractivity contribution in [2.24, 2.45) is 4.99 Å². The second-order valence-electron chi connectivity index (χ2n) is 9.16. The third-order valence-electron chi connectivity index (χ3n) is 6.56. The summed E-state index contributed by atoms with van der Waals surface area (Å²) in [6.07, 6.45) is 10.2. The van der Waals surface area contributed by atoms with Gasteiger partial charge in [-0.05, 0) is 56.7 Å². The molecule has 1 aliphatic heterocycles. The molecule has 1 aromatic carbocycles. The van der Waals surface area contributed by atoms with Crippen LogP contribution in [0.25, 0.3) is 0 Å². The summed E-state index contributed by atoms with van der Waals surface area (Å²) in [5.74, 6) is 0.957. The highest BCUT2D eigenvalue weighted by Crippen LogP contribution is 2.25. The Morgan fingerprint density at radius 2 is 1.87 bits per heavy atom. The number of likely N-dealkylation sites (tertiary alicyclic amines) is 1. The average Bonchev–Trinajstić information content (AvgIpc) is 2.80. The van der Waals surface area contributed by atoms with Crippen molar-refractivity contribution in [3.63, 3.8) is 0 Å². The Balaban J connectivity index is 1.48. The summed E-state index contributed by atoms with van der Waals surface area (Å²) in [4.78, 5) is 21.3. The first kappa shape index (κ1) is 23.6. The molecule has 0 unspecified atom stereocenters. The Hall–Kier alpha value is -2.08. The van der Waals surface area contributed by atoms with Gasteiger partial charge in [0.1, 0.15) is 0 Å².